The van der Waals surface area contributed by atoms with E-state index in [-0.39, 0.29) is 5.91 Å². The summed E-state index contributed by atoms with van der Waals surface area (Å²) in [6.07, 6.45) is 5.91. The van der Waals surface area contributed by atoms with Gasteiger partial charge in [0.25, 0.3) is 0 Å². The van der Waals surface area contributed by atoms with E-state index in [1.165, 1.54) is 0 Å². The fraction of sp³-hybridized carbons (Fsp3) is 0.118. The highest BCUT2D eigenvalue weighted by Gasteiger charge is 2.07. The Morgan fingerprint density at radius 2 is 2.05 bits per heavy atom. The van der Waals surface area contributed by atoms with Crippen LogP contribution in [0.15, 0.2) is 54.9 Å². The second-order valence-corrected chi connectivity index (χ2v) is 4.83. The van der Waals surface area contributed by atoms with Gasteiger partial charge in [-0.2, -0.15) is 0 Å². The number of aromatic nitrogens is 2. The number of nitrogens with zero attached hydrogens (tertiary/aromatic N) is 1. The normalized spacial score (nSPS) is 10.7. The standard InChI is InChI=1S/C17H16N3O/c21-16(19-11-13-5-2-1-3-6-13)9-8-14-12-20-17-15(14)7-4-10-18-17/h1-7,9-10,12H,8,11H2,(H,18,20)(H,19,21). The molecule has 2 heterocycles. The number of amides is 1. The van der Waals surface area contributed by atoms with Crippen molar-refractivity contribution in [2.45, 2.75) is 13.0 Å². The van der Waals surface area contributed by atoms with Crippen LogP contribution in [0.25, 0.3) is 11.0 Å². The average molecular weight is 278 g/mol. The molecule has 0 bridgehead atoms. The number of carbonyl (C=O) groups is 1. The van der Waals surface area contributed by atoms with Crippen LogP contribution in [0.2, 0.25) is 0 Å². The highest BCUT2D eigenvalue weighted by molar-refractivity contribution is 5.86. The fourth-order valence-corrected chi connectivity index (χ4v) is 2.24. The molecule has 0 atom stereocenters. The summed E-state index contributed by atoms with van der Waals surface area (Å²) in [5, 5.41) is 3.95. The number of fused-ring (bicyclic) bond motifs is 1. The predicted molar refractivity (Wildman–Crippen MR) is 82.4 cm³/mol. The lowest BCUT2D eigenvalue weighted by atomic mass is 10.1. The summed E-state index contributed by atoms with van der Waals surface area (Å²) in [6, 6.07) is 13.8. The molecule has 0 aliphatic carbocycles. The quantitative estimate of drug-likeness (QED) is 0.753. The summed E-state index contributed by atoms with van der Waals surface area (Å²) in [5.41, 5.74) is 3.02. The zero-order chi connectivity index (χ0) is 14.5. The maximum absolute atomic E-state index is 11.9. The second kappa shape index (κ2) is 6.22. The molecule has 1 amide bonds. The molecule has 2 aromatic heterocycles. The molecule has 105 valence electrons. The number of H-pyrrole nitrogens is 1. The maximum Gasteiger partial charge on any atom is 0.224 e. The van der Waals surface area contributed by atoms with Gasteiger partial charge in [0.05, 0.1) is 6.42 Å². The van der Waals surface area contributed by atoms with Crippen molar-refractivity contribution >= 4 is 16.9 Å². The van der Waals surface area contributed by atoms with Crippen LogP contribution in [-0.4, -0.2) is 15.9 Å². The summed E-state index contributed by atoms with van der Waals surface area (Å²) in [5.74, 6) is -0.0582. The molecule has 4 heteroatoms. The summed E-state index contributed by atoms with van der Waals surface area (Å²) in [4.78, 5) is 19.2. The molecule has 0 saturated heterocycles. The minimum absolute atomic E-state index is 0.0582. The molecule has 0 saturated carbocycles. The molecule has 2 N–H and O–H groups in total. The van der Waals surface area contributed by atoms with Crippen LogP contribution in [0, 0.1) is 6.42 Å². The molecule has 0 unspecified atom stereocenters. The number of carbonyl (C=O) groups excluding carboxylic acids is 1. The van der Waals surface area contributed by atoms with Crippen molar-refractivity contribution < 1.29 is 4.79 Å². The van der Waals surface area contributed by atoms with Gasteiger partial charge in [-0.15, -0.1) is 0 Å². The Morgan fingerprint density at radius 3 is 2.90 bits per heavy atom. The minimum atomic E-state index is -0.0582. The van der Waals surface area contributed by atoms with Crippen molar-refractivity contribution in [2.75, 3.05) is 0 Å². The first-order valence-electron chi connectivity index (χ1n) is 6.89. The number of hydrogen-bond donors (Lipinski definition) is 2. The van der Waals surface area contributed by atoms with E-state index in [1.54, 1.807) is 12.6 Å². The molecule has 3 rings (SSSR count). The summed E-state index contributed by atoms with van der Waals surface area (Å²) in [6.45, 7) is 0.547. The third-order valence-electron chi connectivity index (χ3n) is 3.35. The van der Waals surface area contributed by atoms with Crippen LogP contribution in [0.1, 0.15) is 11.1 Å². The van der Waals surface area contributed by atoms with Crippen LogP contribution in [0.4, 0.5) is 0 Å². The highest BCUT2D eigenvalue weighted by Crippen LogP contribution is 2.16. The second-order valence-electron chi connectivity index (χ2n) is 4.83. The first-order chi connectivity index (χ1) is 10.3. The molecule has 0 fully saturated rings. The molecule has 0 spiro atoms. The molecular formula is C17H16N3O. The van der Waals surface area contributed by atoms with Gasteiger partial charge in [0.1, 0.15) is 5.65 Å². The lowest BCUT2D eigenvalue weighted by Crippen LogP contribution is -2.23. The van der Waals surface area contributed by atoms with E-state index in [0.717, 1.165) is 22.2 Å². The number of hydrogen-bond acceptors (Lipinski definition) is 2. The lowest BCUT2D eigenvalue weighted by Gasteiger charge is -2.04. The van der Waals surface area contributed by atoms with E-state index in [9.17, 15) is 4.79 Å². The highest BCUT2D eigenvalue weighted by atomic mass is 16.1. The third-order valence-corrected chi connectivity index (χ3v) is 3.35. The molecule has 0 aliphatic rings. The number of aromatic amines is 1. The fourth-order valence-electron chi connectivity index (χ4n) is 2.24. The van der Waals surface area contributed by atoms with Gasteiger partial charge in [0.15, 0.2) is 0 Å². The molecule has 3 aromatic rings. The third kappa shape index (κ3) is 3.28. The zero-order valence-corrected chi connectivity index (χ0v) is 11.5. The summed E-state index contributed by atoms with van der Waals surface area (Å²) in [7, 11) is 0. The molecule has 21 heavy (non-hydrogen) atoms. The Kier molecular flexibility index (Phi) is 3.96. The Hall–Kier alpha value is -2.62. The van der Waals surface area contributed by atoms with Crippen LogP contribution in [0.5, 0.6) is 0 Å². The van der Waals surface area contributed by atoms with Crippen molar-refractivity contribution in [1.82, 2.24) is 15.3 Å². The van der Waals surface area contributed by atoms with Crippen LogP contribution in [-0.2, 0) is 17.8 Å². The van der Waals surface area contributed by atoms with E-state index in [0.29, 0.717) is 13.0 Å². The van der Waals surface area contributed by atoms with Gasteiger partial charge in [0, 0.05) is 24.3 Å². The Morgan fingerprint density at radius 1 is 1.19 bits per heavy atom. The molecule has 1 aromatic carbocycles. The van der Waals surface area contributed by atoms with E-state index >= 15 is 0 Å². The van der Waals surface area contributed by atoms with Gasteiger partial charge in [-0.05, 0) is 29.7 Å². The van der Waals surface area contributed by atoms with E-state index < -0.39 is 0 Å². The van der Waals surface area contributed by atoms with Gasteiger partial charge in [-0.1, -0.05) is 30.3 Å². The first kappa shape index (κ1) is 13.4. The van der Waals surface area contributed by atoms with Crippen LogP contribution < -0.4 is 5.32 Å². The Balaban J connectivity index is 1.54. The van der Waals surface area contributed by atoms with Crippen LogP contribution >= 0.6 is 0 Å². The molecule has 4 nitrogen and oxygen atoms in total. The first-order valence-corrected chi connectivity index (χ1v) is 6.89. The van der Waals surface area contributed by atoms with Gasteiger partial charge in [0.2, 0.25) is 5.91 Å². The SMILES string of the molecule is O=C([CH]Cc1c[nH]c2ncccc12)NCc1ccccc1. The van der Waals surface area contributed by atoms with Crippen LogP contribution in [0.3, 0.4) is 0 Å². The predicted octanol–water partition coefficient (Wildman–Crippen LogP) is 2.63. The summed E-state index contributed by atoms with van der Waals surface area (Å²) < 4.78 is 0. The molecular weight excluding hydrogens is 262 g/mol. The van der Waals surface area contributed by atoms with Crippen molar-refractivity contribution in [1.29, 1.82) is 0 Å². The average Bonchev–Trinajstić information content (AvgIpc) is 2.95. The van der Waals surface area contributed by atoms with Crippen molar-refractivity contribution in [3.8, 4) is 0 Å². The lowest BCUT2D eigenvalue weighted by molar-refractivity contribution is -0.118. The summed E-state index contributed by atoms with van der Waals surface area (Å²) >= 11 is 0. The largest absolute Gasteiger partial charge is 0.352 e. The maximum atomic E-state index is 11.9. The van der Waals surface area contributed by atoms with Gasteiger partial charge < -0.3 is 10.3 Å². The molecule has 1 radical (unpaired) electrons. The smallest absolute Gasteiger partial charge is 0.224 e. The van der Waals surface area contributed by atoms with E-state index in [2.05, 4.69) is 15.3 Å². The number of nitrogens with one attached hydrogen (secondary N) is 2. The van der Waals surface area contributed by atoms with Crippen molar-refractivity contribution in [3.05, 3.63) is 72.4 Å². The van der Waals surface area contributed by atoms with Gasteiger partial charge >= 0.3 is 0 Å². The number of rotatable bonds is 5. The van der Waals surface area contributed by atoms with Gasteiger partial charge in [-0.3, -0.25) is 4.79 Å². The number of benzene rings is 1. The van der Waals surface area contributed by atoms with Gasteiger partial charge in [-0.25, -0.2) is 4.98 Å². The number of pyridine rings is 1. The Labute approximate surface area is 123 Å². The topological polar surface area (TPSA) is 57.8 Å². The minimum Gasteiger partial charge on any atom is -0.352 e. The van der Waals surface area contributed by atoms with Crippen molar-refractivity contribution in [3.63, 3.8) is 0 Å². The van der Waals surface area contributed by atoms with E-state index in [1.807, 2.05) is 48.7 Å². The zero-order valence-electron chi connectivity index (χ0n) is 11.5. The molecule has 0 aliphatic heterocycles. The van der Waals surface area contributed by atoms with E-state index in [4.69, 9.17) is 0 Å². The monoisotopic (exact) mass is 278 g/mol. The Bertz CT molecular complexity index is 734. The van der Waals surface area contributed by atoms with Crippen molar-refractivity contribution in [2.24, 2.45) is 0 Å².